The number of aryl methyl sites for hydroxylation is 1. The molecule has 2 aromatic carbocycles. The molecule has 0 spiro atoms. The average molecular weight is 327 g/mol. The van der Waals surface area contributed by atoms with Crippen LogP contribution in [-0.4, -0.2) is 35.0 Å². The van der Waals surface area contributed by atoms with Crippen molar-refractivity contribution < 1.29 is 19.4 Å². The van der Waals surface area contributed by atoms with Gasteiger partial charge in [0.25, 0.3) is 5.91 Å². The molecule has 24 heavy (non-hydrogen) atoms. The Labute approximate surface area is 141 Å². The van der Waals surface area contributed by atoms with Gasteiger partial charge in [-0.05, 0) is 37.6 Å². The smallest absolute Gasteiger partial charge is 0.326 e. The summed E-state index contributed by atoms with van der Waals surface area (Å²) in [5.74, 6) is -0.831. The number of benzene rings is 2. The van der Waals surface area contributed by atoms with Crippen LogP contribution in [-0.2, 0) is 11.4 Å². The van der Waals surface area contributed by atoms with E-state index in [-0.39, 0.29) is 5.91 Å². The molecule has 0 heterocycles. The van der Waals surface area contributed by atoms with Gasteiger partial charge in [-0.15, -0.1) is 0 Å². The van der Waals surface area contributed by atoms with Crippen LogP contribution in [0.4, 0.5) is 0 Å². The Balaban J connectivity index is 2.08. The number of carboxylic acid groups (broad SMARTS) is 1. The Morgan fingerprint density at radius 3 is 2.54 bits per heavy atom. The standard InChI is InChI=1S/C19H21NO4/c1-13-6-4-7-15(10-13)12-24-17-9-5-8-16(11-17)18(21)20(3)14(2)19(22)23/h4-11,14H,12H2,1-3H3,(H,22,23). The number of aliphatic carboxylic acids is 1. The number of amides is 1. The zero-order chi connectivity index (χ0) is 17.7. The molecule has 1 unspecified atom stereocenters. The highest BCUT2D eigenvalue weighted by Gasteiger charge is 2.22. The van der Waals surface area contributed by atoms with E-state index in [1.807, 2.05) is 31.2 Å². The maximum atomic E-state index is 12.4. The number of rotatable bonds is 6. The minimum absolute atomic E-state index is 0.356. The lowest BCUT2D eigenvalue weighted by molar-refractivity contribution is -0.141. The molecule has 0 bridgehead atoms. The van der Waals surface area contributed by atoms with E-state index in [1.165, 1.54) is 18.9 Å². The number of ether oxygens (including phenoxy) is 1. The second kappa shape index (κ2) is 7.64. The van der Waals surface area contributed by atoms with Crippen molar-refractivity contribution in [3.05, 3.63) is 65.2 Å². The van der Waals surface area contributed by atoms with E-state index in [9.17, 15) is 9.59 Å². The lowest BCUT2D eigenvalue weighted by Crippen LogP contribution is -2.40. The van der Waals surface area contributed by atoms with Crippen LogP contribution in [0.1, 0.15) is 28.4 Å². The molecule has 0 aliphatic heterocycles. The highest BCUT2D eigenvalue weighted by Crippen LogP contribution is 2.17. The molecule has 0 fully saturated rings. The largest absolute Gasteiger partial charge is 0.489 e. The molecule has 1 atom stereocenters. The Bertz CT molecular complexity index is 742. The summed E-state index contributed by atoms with van der Waals surface area (Å²) in [6, 6.07) is 13.9. The molecule has 5 nitrogen and oxygen atoms in total. The molecular weight excluding hydrogens is 306 g/mol. The second-order valence-electron chi connectivity index (χ2n) is 5.74. The first kappa shape index (κ1) is 17.5. The van der Waals surface area contributed by atoms with Crippen molar-refractivity contribution in [2.45, 2.75) is 26.5 Å². The first-order valence-electron chi connectivity index (χ1n) is 7.67. The summed E-state index contributed by atoms with van der Waals surface area (Å²) >= 11 is 0. The van der Waals surface area contributed by atoms with Gasteiger partial charge in [0.15, 0.2) is 0 Å². The number of nitrogens with zero attached hydrogens (tertiary/aromatic N) is 1. The summed E-state index contributed by atoms with van der Waals surface area (Å²) in [5, 5.41) is 9.02. The van der Waals surface area contributed by atoms with Crippen molar-refractivity contribution in [1.29, 1.82) is 0 Å². The Morgan fingerprint density at radius 2 is 1.88 bits per heavy atom. The van der Waals surface area contributed by atoms with Crippen molar-refractivity contribution in [1.82, 2.24) is 4.90 Å². The summed E-state index contributed by atoms with van der Waals surface area (Å²) in [5.41, 5.74) is 2.60. The van der Waals surface area contributed by atoms with Crippen molar-refractivity contribution in [3.63, 3.8) is 0 Å². The first-order valence-corrected chi connectivity index (χ1v) is 7.67. The maximum Gasteiger partial charge on any atom is 0.326 e. The summed E-state index contributed by atoms with van der Waals surface area (Å²) in [7, 11) is 1.47. The van der Waals surface area contributed by atoms with Crippen LogP contribution in [0.5, 0.6) is 5.75 Å². The van der Waals surface area contributed by atoms with Crippen molar-refractivity contribution in [2.75, 3.05) is 7.05 Å². The highest BCUT2D eigenvalue weighted by atomic mass is 16.5. The number of hydrogen-bond donors (Lipinski definition) is 1. The van der Waals surface area contributed by atoms with Crippen LogP contribution in [0.15, 0.2) is 48.5 Å². The normalized spacial score (nSPS) is 11.6. The van der Waals surface area contributed by atoms with Gasteiger partial charge < -0.3 is 14.7 Å². The van der Waals surface area contributed by atoms with Gasteiger partial charge in [0.2, 0.25) is 0 Å². The van der Waals surface area contributed by atoms with Crippen molar-refractivity contribution in [2.24, 2.45) is 0 Å². The molecule has 0 aliphatic carbocycles. The van der Waals surface area contributed by atoms with E-state index < -0.39 is 12.0 Å². The van der Waals surface area contributed by atoms with E-state index in [4.69, 9.17) is 9.84 Å². The van der Waals surface area contributed by atoms with Gasteiger partial charge in [-0.1, -0.05) is 35.9 Å². The molecule has 5 heteroatoms. The van der Waals surface area contributed by atoms with Gasteiger partial charge in [-0.2, -0.15) is 0 Å². The molecule has 0 aromatic heterocycles. The fourth-order valence-corrected chi connectivity index (χ4v) is 2.23. The van der Waals surface area contributed by atoms with Crippen molar-refractivity contribution >= 4 is 11.9 Å². The average Bonchev–Trinajstić information content (AvgIpc) is 2.58. The summed E-state index contributed by atoms with van der Waals surface area (Å²) in [6.07, 6.45) is 0. The fourth-order valence-electron chi connectivity index (χ4n) is 2.23. The topological polar surface area (TPSA) is 66.8 Å². The summed E-state index contributed by atoms with van der Waals surface area (Å²) in [4.78, 5) is 24.6. The van der Waals surface area contributed by atoms with E-state index in [1.54, 1.807) is 24.3 Å². The van der Waals surface area contributed by atoms with E-state index in [0.717, 1.165) is 11.1 Å². The van der Waals surface area contributed by atoms with E-state index in [2.05, 4.69) is 0 Å². The van der Waals surface area contributed by atoms with Gasteiger partial charge in [0.1, 0.15) is 18.4 Å². The summed E-state index contributed by atoms with van der Waals surface area (Å²) < 4.78 is 5.74. The van der Waals surface area contributed by atoms with E-state index in [0.29, 0.717) is 17.9 Å². The number of carbonyl (C=O) groups excluding carboxylic acids is 1. The molecule has 126 valence electrons. The van der Waals surface area contributed by atoms with E-state index >= 15 is 0 Å². The monoisotopic (exact) mass is 327 g/mol. The number of hydrogen-bond acceptors (Lipinski definition) is 3. The van der Waals surface area contributed by atoms with Crippen LogP contribution in [0.2, 0.25) is 0 Å². The Morgan fingerprint density at radius 1 is 1.17 bits per heavy atom. The SMILES string of the molecule is Cc1cccc(COc2cccc(C(=O)N(C)C(C)C(=O)O)c2)c1. The third-order valence-corrected chi connectivity index (χ3v) is 3.83. The van der Waals surface area contributed by atoms with Gasteiger partial charge >= 0.3 is 5.97 Å². The molecule has 0 radical (unpaired) electrons. The lowest BCUT2D eigenvalue weighted by atomic mass is 10.1. The molecular formula is C19H21NO4. The van der Waals surface area contributed by atoms with Crippen LogP contribution < -0.4 is 4.74 Å². The van der Waals surface area contributed by atoms with Gasteiger partial charge in [0.05, 0.1) is 0 Å². The van der Waals surface area contributed by atoms with Gasteiger partial charge in [0, 0.05) is 12.6 Å². The fraction of sp³-hybridized carbons (Fsp3) is 0.263. The molecule has 1 N–H and O–H groups in total. The number of carbonyl (C=O) groups is 2. The van der Waals surface area contributed by atoms with Crippen molar-refractivity contribution in [3.8, 4) is 5.75 Å². The molecule has 2 aromatic rings. The predicted octanol–water partition coefficient (Wildman–Crippen LogP) is 3.12. The number of carboxylic acids is 1. The highest BCUT2D eigenvalue weighted by molar-refractivity contribution is 5.96. The third-order valence-electron chi connectivity index (χ3n) is 3.83. The maximum absolute atomic E-state index is 12.4. The minimum atomic E-state index is -1.04. The van der Waals surface area contributed by atoms with Crippen LogP contribution in [0.3, 0.4) is 0 Å². The molecule has 2 rings (SSSR count). The number of likely N-dealkylation sites (N-methyl/N-ethyl adjacent to an activating group) is 1. The zero-order valence-corrected chi connectivity index (χ0v) is 14.0. The Kier molecular flexibility index (Phi) is 5.58. The molecule has 1 amide bonds. The Hall–Kier alpha value is -2.82. The molecule has 0 saturated heterocycles. The predicted molar refractivity (Wildman–Crippen MR) is 91.1 cm³/mol. The minimum Gasteiger partial charge on any atom is -0.489 e. The van der Waals surface area contributed by atoms with Gasteiger partial charge in [-0.25, -0.2) is 4.79 Å². The van der Waals surface area contributed by atoms with Gasteiger partial charge in [-0.3, -0.25) is 4.79 Å². The lowest BCUT2D eigenvalue weighted by Gasteiger charge is -2.21. The van der Waals surface area contributed by atoms with Crippen LogP contribution in [0, 0.1) is 6.92 Å². The molecule has 0 aliphatic rings. The first-order chi connectivity index (χ1) is 11.4. The molecule has 0 saturated carbocycles. The zero-order valence-electron chi connectivity index (χ0n) is 14.0. The van der Waals surface area contributed by atoms with Crippen LogP contribution in [0.25, 0.3) is 0 Å². The van der Waals surface area contributed by atoms with Crippen LogP contribution >= 0.6 is 0 Å². The second-order valence-corrected chi connectivity index (χ2v) is 5.74. The quantitative estimate of drug-likeness (QED) is 0.885. The third kappa shape index (κ3) is 4.35. The summed E-state index contributed by atoms with van der Waals surface area (Å²) in [6.45, 7) is 3.89.